The van der Waals surface area contributed by atoms with E-state index in [-0.39, 0.29) is 11.2 Å². The zero-order valence-corrected chi connectivity index (χ0v) is 11.7. The molecule has 1 aromatic rings. The molecule has 4 nitrogen and oxygen atoms in total. The Kier molecular flexibility index (Phi) is 5.21. The third kappa shape index (κ3) is 3.45. The normalized spacial score (nSPS) is 12.5. The Balaban J connectivity index is 2.57. The van der Waals surface area contributed by atoms with Crippen LogP contribution in [-0.2, 0) is 4.79 Å². The van der Waals surface area contributed by atoms with Crippen molar-refractivity contribution < 1.29 is 4.79 Å². The second-order valence-electron chi connectivity index (χ2n) is 3.36. The summed E-state index contributed by atoms with van der Waals surface area (Å²) in [5.74, 6) is 0.169. The van der Waals surface area contributed by atoms with E-state index in [9.17, 15) is 4.79 Å². The smallest absolute Gasteiger partial charge is 0.235 e. The molecule has 0 bridgehead atoms. The van der Waals surface area contributed by atoms with Crippen molar-refractivity contribution in [2.75, 3.05) is 13.1 Å². The second-order valence-corrected chi connectivity index (χ2v) is 6.13. The van der Waals surface area contributed by atoms with Gasteiger partial charge in [0.25, 0.3) is 0 Å². The van der Waals surface area contributed by atoms with Crippen LogP contribution in [0.2, 0.25) is 0 Å². The predicted octanol–water partition coefficient (Wildman–Crippen LogP) is 2.20. The summed E-state index contributed by atoms with van der Waals surface area (Å²) in [6, 6.07) is 0. The van der Waals surface area contributed by atoms with Gasteiger partial charge in [-0.15, -0.1) is 10.2 Å². The van der Waals surface area contributed by atoms with E-state index in [2.05, 4.69) is 10.2 Å². The first kappa shape index (κ1) is 13.4. The number of thioether (sulfide) groups is 1. The van der Waals surface area contributed by atoms with Crippen LogP contribution in [0.15, 0.2) is 4.34 Å². The summed E-state index contributed by atoms with van der Waals surface area (Å²) in [5.41, 5.74) is 0. The second kappa shape index (κ2) is 6.20. The summed E-state index contributed by atoms with van der Waals surface area (Å²) in [4.78, 5) is 13.8. The monoisotopic (exact) mass is 259 g/mol. The molecule has 0 saturated carbocycles. The van der Waals surface area contributed by atoms with Crippen molar-refractivity contribution in [1.29, 1.82) is 0 Å². The topological polar surface area (TPSA) is 46.1 Å². The van der Waals surface area contributed by atoms with Crippen LogP contribution >= 0.6 is 23.1 Å². The number of hydrogen-bond acceptors (Lipinski definition) is 5. The van der Waals surface area contributed by atoms with Crippen LogP contribution in [0.4, 0.5) is 0 Å². The molecule has 6 heteroatoms. The maximum Gasteiger partial charge on any atom is 0.235 e. The van der Waals surface area contributed by atoms with Crippen molar-refractivity contribution in [3.8, 4) is 0 Å². The molecule has 0 aliphatic rings. The van der Waals surface area contributed by atoms with E-state index in [1.54, 1.807) is 0 Å². The summed E-state index contributed by atoms with van der Waals surface area (Å²) in [6.07, 6.45) is 0. The predicted molar refractivity (Wildman–Crippen MR) is 67.9 cm³/mol. The highest BCUT2D eigenvalue weighted by Gasteiger charge is 2.20. The molecule has 1 unspecified atom stereocenters. The number of carbonyl (C=O) groups excluding carboxylic acids is 1. The van der Waals surface area contributed by atoms with E-state index in [4.69, 9.17) is 0 Å². The van der Waals surface area contributed by atoms with Crippen molar-refractivity contribution in [2.45, 2.75) is 37.3 Å². The van der Waals surface area contributed by atoms with Crippen molar-refractivity contribution >= 4 is 29.0 Å². The Labute approximate surface area is 104 Å². The van der Waals surface area contributed by atoms with Gasteiger partial charge in [0.05, 0.1) is 5.25 Å². The molecule has 0 spiro atoms. The quantitative estimate of drug-likeness (QED) is 0.761. The Morgan fingerprint density at radius 1 is 1.44 bits per heavy atom. The van der Waals surface area contributed by atoms with Gasteiger partial charge in [-0.3, -0.25) is 4.79 Å². The average molecular weight is 259 g/mol. The molecular weight excluding hydrogens is 242 g/mol. The molecule has 1 atom stereocenters. The van der Waals surface area contributed by atoms with Gasteiger partial charge in [-0.1, -0.05) is 23.1 Å². The van der Waals surface area contributed by atoms with Crippen LogP contribution in [0.25, 0.3) is 0 Å². The van der Waals surface area contributed by atoms with Crippen LogP contribution in [0.1, 0.15) is 25.8 Å². The van der Waals surface area contributed by atoms with Gasteiger partial charge >= 0.3 is 0 Å². The number of aromatic nitrogens is 2. The van der Waals surface area contributed by atoms with E-state index in [1.807, 2.05) is 32.6 Å². The number of amides is 1. The Morgan fingerprint density at radius 3 is 2.50 bits per heavy atom. The molecular formula is C10H17N3OS2. The standard InChI is InChI=1S/C10H17N3OS2/c1-5-13(6-2)9(14)7(3)15-10-12-11-8(4)16-10/h7H,5-6H2,1-4H3. The average Bonchev–Trinajstić information content (AvgIpc) is 2.65. The fourth-order valence-electron chi connectivity index (χ4n) is 1.32. The van der Waals surface area contributed by atoms with Gasteiger partial charge < -0.3 is 4.90 Å². The van der Waals surface area contributed by atoms with E-state index in [0.717, 1.165) is 22.4 Å². The molecule has 16 heavy (non-hydrogen) atoms. The van der Waals surface area contributed by atoms with Gasteiger partial charge in [-0.2, -0.15) is 0 Å². The number of aryl methyl sites for hydroxylation is 1. The van der Waals surface area contributed by atoms with Gasteiger partial charge in [0.1, 0.15) is 5.01 Å². The first-order valence-electron chi connectivity index (χ1n) is 5.34. The molecule has 1 amide bonds. The molecule has 1 aromatic heterocycles. The lowest BCUT2D eigenvalue weighted by Crippen LogP contribution is -2.36. The number of carbonyl (C=O) groups is 1. The summed E-state index contributed by atoms with van der Waals surface area (Å²) >= 11 is 3.02. The van der Waals surface area contributed by atoms with Crippen LogP contribution in [-0.4, -0.2) is 39.3 Å². The maximum absolute atomic E-state index is 12.0. The lowest BCUT2D eigenvalue weighted by atomic mass is 10.4. The van der Waals surface area contributed by atoms with Crippen LogP contribution in [0.3, 0.4) is 0 Å². The maximum atomic E-state index is 12.0. The van der Waals surface area contributed by atoms with Gasteiger partial charge in [0, 0.05) is 13.1 Å². The zero-order chi connectivity index (χ0) is 12.1. The molecule has 0 radical (unpaired) electrons. The van der Waals surface area contributed by atoms with Crippen molar-refractivity contribution in [3.05, 3.63) is 5.01 Å². The Hall–Kier alpha value is -0.620. The largest absolute Gasteiger partial charge is 0.342 e. The molecule has 0 aromatic carbocycles. The molecule has 90 valence electrons. The minimum absolute atomic E-state index is 0.0905. The Bertz CT molecular complexity index is 350. The van der Waals surface area contributed by atoms with Gasteiger partial charge in [0.15, 0.2) is 4.34 Å². The first-order valence-corrected chi connectivity index (χ1v) is 7.03. The van der Waals surface area contributed by atoms with Crippen LogP contribution in [0.5, 0.6) is 0 Å². The molecule has 0 N–H and O–H groups in total. The van der Waals surface area contributed by atoms with E-state index in [0.29, 0.717) is 0 Å². The fourth-order valence-corrected chi connectivity index (χ4v) is 3.36. The minimum atomic E-state index is -0.0905. The molecule has 0 fully saturated rings. The van der Waals surface area contributed by atoms with Crippen molar-refractivity contribution in [2.24, 2.45) is 0 Å². The van der Waals surface area contributed by atoms with Gasteiger partial charge in [0.2, 0.25) is 5.91 Å². The lowest BCUT2D eigenvalue weighted by Gasteiger charge is -2.21. The van der Waals surface area contributed by atoms with E-state index >= 15 is 0 Å². The number of nitrogens with zero attached hydrogens (tertiary/aromatic N) is 3. The van der Waals surface area contributed by atoms with Crippen molar-refractivity contribution in [1.82, 2.24) is 15.1 Å². The summed E-state index contributed by atoms with van der Waals surface area (Å²) in [7, 11) is 0. The molecule has 1 heterocycles. The van der Waals surface area contributed by atoms with Crippen LogP contribution in [0, 0.1) is 6.92 Å². The summed E-state index contributed by atoms with van der Waals surface area (Å²) in [6.45, 7) is 9.34. The molecule has 0 saturated heterocycles. The molecule has 0 aliphatic heterocycles. The van der Waals surface area contributed by atoms with Gasteiger partial charge in [-0.25, -0.2) is 0 Å². The third-order valence-electron chi connectivity index (χ3n) is 2.21. The highest BCUT2D eigenvalue weighted by atomic mass is 32.2. The fraction of sp³-hybridized carbons (Fsp3) is 0.700. The van der Waals surface area contributed by atoms with E-state index in [1.165, 1.54) is 23.1 Å². The number of hydrogen-bond donors (Lipinski definition) is 0. The SMILES string of the molecule is CCN(CC)C(=O)C(C)Sc1nnc(C)s1. The third-order valence-corrected chi connectivity index (χ3v) is 4.22. The molecule has 0 aliphatic carbocycles. The zero-order valence-electron chi connectivity index (χ0n) is 10.1. The Morgan fingerprint density at radius 2 is 2.06 bits per heavy atom. The van der Waals surface area contributed by atoms with E-state index < -0.39 is 0 Å². The van der Waals surface area contributed by atoms with Crippen LogP contribution < -0.4 is 0 Å². The lowest BCUT2D eigenvalue weighted by molar-refractivity contribution is -0.129. The highest BCUT2D eigenvalue weighted by molar-refractivity contribution is 8.02. The summed E-state index contributed by atoms with van der Waals surface area (Å²) < 4.78 is 0.866. The summed E-state index contributed by atoms with van der Waals surface area (Å²) in [5, 5.41) is 8.79. The molecule has 1 rings (SSSR count). The number of rotatable bonds is 5. The van der Waals surface area contributed by atoms with Gasteiger partial charge in [-0.05, 0) is 27.7 Å². The first-order chi connectivity index (χ1) is 7.58. The minimum Gasteiger partial charge on any atom is -0.342 e. The highest BCUT2D eigenvalue weighted by Crippen LogP contribution is 2.27. The van der Waals surface area contributed by atoms with Crippen molar-refractivity contribution in [3.63, 3.8) is 0 Å².